The lowest BCUT2D eigenvalue weighted by Crippen LogP contribution is -2.12. The third-order valence-electron chi connectivity index (χ3n) is 4.07. The lowest BCUT2D eigenvalue weighted by molar-refractivity contribution is -0.116. The summed E-state index contributed by atoms with van der Waals surface area (Å²) in [5.41, 5.74) is 1.44. The Morgan fingerprint density at radius 3 is 2.64 bits per heavy atom. The van der Waals surface area contributed by atoms with Crippen molar-refractivity contribution in [1.82, 2.24) is 10.1 Å². The van der Waals surface area contributed by atoms with Gasteiger partial charge in [0.1, 0.15) is 11.5 Å². The lowest BCUT2D eigenvalue weighted by atomic mass is 10.2. The van der Waals surface area contributed by atoms with Crippen LogP contribution in [0.2, 0.25) is 0 Å². The highest BCUT2D eigenvalue weighted by Gasteiger charge is 2.13. The van der Waals surface area contributed by atoms with Crippen molar-refractivity contribution in [2.75, 3.05) is 19.0 Å². The van der Waals surface area contributed by atoms with Crippen LogP contribution in [-0.4, -0.2) is 29.8 Å². The maximum atomic E-state index is 12.2. The van der Waals surface area contributed by atoms with Gasteiger partial charge in [0.05, 0.1) is 25.0 Å². The molecule has 28 heavy (non-hydrogen) atoms. The molecular formula is C21H23N3O4. The molecule has 3 aromatic rings. The van der Waals surface area contributed by atoms with E-state index in [0.717, 1.165) is 5.56 Å². The minimum Gasteiger partial charge on any atom is -0.496 e. The lowest BCUT2D eigenvalue weighted by Gasteiger charge is -2.10. The Morgan fingerprint density at radius 1 is 1.11 bits per heavy atom. The molecule has 0 saturated heterocycles. The van der Waals surface area contributed by atoms with Gasteiger partial charge >= 0.3 is 0 Å². The van der Waals surface area contributed by atoms with Gasteiger partial charge in [0.2, 0.25) is 17.6 Å². The number of hydrogen-bond donors (Lipinski definition) is 1. The number of nitrogens with zero attached hydrogens (tertiary/aromatic N) is 2. The summed E-state index contributed by atoms with van der Waals surface area (Å²) in [6.07, 6.45) is 1.45. The first-order valence-electron chi connectivity index (χ1n) is 9.19. The Balaban J connectivity index is 1.53. The fourth-order valence-electron chi connectivity index (χ4n) is 2.76. The van der Waals surface area contributed by atoms with E-state index < -0.39 is 0 Å². The van der Waals surface area contributed by atoms with E-state index in [1.54, 1.807) is 7.11 Å². The van der Waals surface area contributed by atoms with E-state index in [9.17, 15) is 4.79 Å². The smallest absolute Gasteiger partial charge is 0.226 e. The number of ether oxygens (including phenoxy) is 2. The molecule has 3 rings (SSSR count). The van der Waals surface area contributed by atoms with Gasteiger partial charge in [-0.05, 0) is 37.6 Å². The van der Waals surface area contributed by atoms with E-state index in [1.807, 2.05) is 55.5 Å². The number of hydrogen-bond acceptors (Lipinski definition) is 6. The molecule has 1 amide bonds. The number of rotatable bonds is 9. The molecule has 0 saturated carbocycles. The fourth-order valence-corrected chi connectivity index (χ4v) is 2.76. The van der Waals surface area contributed by atoms with Crippen LogP contribution in [-0.2, 0) is 11.2 Å². The summed E-state index contributed by atoms with van der Waals surface area (Å²) in [4.78, 5) is 16.6. The molecular weight excluding hydrogens is 358 g/mol. The van der Waals surface area contributed by atoms with Crippen molar-refractivity contribution in [2.45, 2.75) is 26.2 Å². The number of carbonyl (C=O) groups is 1. The van der Waals surface area contributed by atoms with Crippen molar-refractivity contribution in [2.24, 2.45) is 0 Å². The van der Waals surface area contributed by atoms with Crippen LogP contribution in [0.15, 0.2) is 53.1 Å². The zero-order valence-electron chi connectivity index (χ0n) is 16.0. The fraction of sp³-hybridized carbons (Fsp3) is 0.286. The van der Waals surface area contributed by atoms with Gasteiger partial charge in [-0.15, -0.1) is 0 Å². The normalized spacial score (nSPS) is 10.5. The van der Waals surface area contributed by atoms with Crippen molar-refractivity contribution in [3.05, 3.63) is 54.4 Å². The summed E-state index contributed by atoms with van der Waals surface area (Å²) in [5.74, 6) is 2.22. The second-order valence-corrected chi connectivity index (χ2v) is 6.04. The summed E-state index contributed by atoms with van der Waals surface area (Å²) in [5, 5.41) is 6.89. The van der Waals surface area contributed by atoms with Crippen molar-refractivity contribution in [3.8, 4) is 22.9 Å². The molecule has 1 N–H and O–H groups in total. The van der Waals surface area contributed by atoms with E-state index in [1.165, 1.54) is 0 Å². The van der Waals surface area contributed by atoms with Crippen LogP contribution >= 0.6 is 0 Å². The van der Waals surface area contributed by atoms with E-state index in [-0.39, 0.29) is 5.91 Å². The number of anilines is 1. The predicted molar refractivity (Wildman–Crippen MR) is 105 cm³/mol. The number of amides is 1. The van der Waals surface area contributed by atoms with Crippen molar-refractivity contribution in [1.29, 1.82) is 0 Å². The first-order chi connectivity index (χ1) is 13.7. The van der Waals surface area contributed by atoms with Crippen LogP contribution < -0.4 is 14.8 Å². The van der Waals surface area contributed by atoms with Gasteiger partial charge in [0.15, 0.2) is 0 Å². The maximum absolute atomic E-state index is 12.2. The van der Waals surface area contributed by atoms with Crippen molar-refractivity contribution >= 4 is 11.6 Å². The molecule has 0 spiro atoms. The van der Waals surface area contributed by atoms with Gasteiger partial charge in [0.25, 0.3) is 0 Å². The molecule has 2 aromatic carbocycles. The SMILES string of the molecule is CCOc1ccccc1NC(=O)CCCc1nc(-c2ccccc2OC)no1. The second kappa shape index (κ2) is 9.55. The highest BCUT2D eigenvalue weighted by Crippen LogP contribution is 2.27. The first-order valence-corrected chi connectivity index (χ1v) is 9.19. The molecule has 7 heteroatoms. The summed E-state index contributed by atoms with van der Waals surface area (Å²) >= 11 is 0. The molecule has 0 bridgehead atoms. The Labute approximate surface area is 163 Å². The Kier molecular flexibility index (Phi) is 6.62. The van der Waals surface area contributed by atoms with Crippen LogP contribution in [0.5, 0.6) is 11.5 Å². The molecule has 146 valence electrons. The molecule has 7 nitrogen and oxygen atoms in total. The van der Waals surface area contributed by atoms with E-state index >= 15 is 0 Å². The maximum Gasteiger partial charge on any atom is 0.226 e. The van der Waals surface area contributed by atoms with Crippen LogP contribution in [0.1, 0.15) is 25.7 Å². The number of para-hydroxylation sites is 3. The second-order valence-electron chi connectivity index (χ2n) is 6.04. The van der Waals surface area contributed by atoms with Gasteiger partial charge in [-0.25, -0.2) is 0 Å². The molecule has 0 aliphatic rings. The summed E-state index contributed by atoms with van der Waals surface area (Å²) < 4.78 is 16.1. The molecule has 1 aromatic heterocycles. The Bertz CT molecular complexity index is 923. The van der Waals surface area contributed by atoms with Gasteiger partial charge < -0.3 is 19.3 Å². The highest BCUT2D eigenvalue weighted by atomic mass is 16.5. The topological polar surface area (TPSA) is 86.5 Å². The van der Waals surface area contributed by atoms with E-state index in [2.05, 4.69) is 15.5 Å². The number of aromatic nitrogens is 2. The third kappa shape index (κ3) is 4.88. The quantitative estimate of drug-likeness (QED) is 0.600. The summed E-state index contributed by atoms with van der Waals surface area (Å²) in [6, 6.07) is 14.9. The Morgan fingerprint density at radius 2 is 1.86 bits per heavy atom. The third-order valence-corrected chi connectivity index (χ3v) is 4.07. The van der Waals surface area contributed by atoms with Crippen LogP contribution in [0.25, 0.3) is 11.4 Å². The predicted octanol–water partition coefficient (Wildman–Crippen LogP) is 4.11. The molecule has 0 atom stereocenters. The van der Waals surface area contributed by atoms with Crippen molar-refractivity contribution in [3.63, 3.8) is 0 Å². The number of aryl methyl sites for hydroxylation is 1. The van der Waals surface area contributed by atoms with Crippen LogP contribution in [0.4, 0.5) is 5.69 Å². The molecule has 0 fully saturated rings. The molecule has 0 radical (unpaired) electrons. The van der Waals surface area contributed by atoms with E-state index in [0.29, 0.717) is 54.8 Å². The zero-order valence-corrected chi connectivity index (χ0v) is 16.0. The number of carbonyl (C=O) groups excluding carboxylic acids is 1. The monoisotopic (exact) mass is 381 g/mol. The van der Waals surface area contributed by atoms with Gasteiger partial charge in [-0.1, -0.05) is 29.4 Å². The average molecular weight is 381 g/mol. The summed E-state index contributed by atoms with van der Waals surface area (Å²) in [6.45, 7) is 2.45. The van der Waals surface area contributed by atoms with Gasteiger partial charge in [0, 0.05) is 12.8 Å². The van der Waals surface area contributed by atoms with Crippen LogP contribution in [0.3, 0.4) is 0 Å². The highest BCUT2D eigenvalue weighted by molar-refractivity contribution is 5.92. The van der Waals surface area contributed by atoms with Gasteiger partial charge in [-0.3, -0.25) is 4.79 Å². The summed E-state index contributed by atoms with van der Waals surface area (Å²) in [7, 11) is 1.60. The molecule has 0 unspecified atom stereocenters. The molecule has 1 heterocycles. The van der Waals surface area contributed by atoms with E-state index in [4.69, 9.17) is 14.0 Å². The van der Waals surface area contributed by atoms with Crippen LogP contribution in [0, 0.1) is 0 Å². The first kappa shape index (κ1) is 19.4. The number of benzene rings is 2. The van der Waals surface area contributed by atoms with Gasteiger partial charge in [-0.2, -0.15) is 4.98 Å². The minimum absolute atomic E-state index is 0.0865. The molecule has 0 aliphatic carbocycles. The zero-order chi connectivity index (χ0) is 19.8. The largest absolute Gasteiger partial charge is 0.496 e. The number of methoxy groups -OCH3 is 1. The molecule has 0 aliphatic heterocycles. The van der Waals surface area contributed by atoms with Crippen molar-refractivity contribution < 1.29 is 18.8 Å². The number of nitrogens with one attached hydrogen (secondary N) is 1. The standard InChI is InChI=1S/C21H23N3O4/c1-3-27-18-12-7-5-10-16(18)22-19(25)13-8-14-20-23-21(24-28-20)15-9-4-6-11-17(15)26-2/h4-7,9-12H,3,8,13-14H2,1-2H3,(H,22,25). The Hall–Kier alpha value is -3.35. The average Bonchev–Trinajstić information content (AvgIpc) is 3.18. The minimum atomic E-state index is -0.0865.